The predicted molar refractivity (Wildman–Crippen MR) is 84.5 cm³/mol. The number of rotatable bonds is 4. The van der Waals surface area contributed by atoms with Gasteiger partial charge in [0.2, 0.25) is 0 Å². The molecular formula is C17H22N4O. The zero-order valence-electron chi connectivity index (χ0n) is 12.9. The van der Waals surface area contributed by atoms with E-state index in [9.17, 15) is 4.79 Å². The van der Waals surface area contributed by atoms with Crippen molar-refractivity contribution in [3.8, 4) is 0 Å². The molecule has 5 nitrogen and oxygen atoms in total. The van der Waals surface area contributed by atoms with Crippen LogP contribution in [-0.2, 0) is 6.54 Å². The van der Waals surface area contributed by atoms with Crippen LogP contribution in [0.5, 0.6) is 0 Å². The topological polar surface area (TPSA) is 59.8 Å². The fraction of sp³-hybridized carbons (Fsp3) is 0.471. The van der Waals surface area contributed by atoms with Gasteiger partial charge in [-0.3, -0.25) is 4.79 Å². The van der Waals surface area contributed by atoms with Crippen LogP contribution in [0.2, 0.25) is 0 Å². The molecule has 1 aliphatic carbocycles. The molecule has 0 saturated heterocycles. The van der Waals surface area contributed by atoms with Crippen molar-refractivity contribution in [2.75, 3.05) is 0 Å². The summed E-state index contributed by atoms with van der Waals surface area (Å²) in [6.45, 7) is 2.90. The Morgan fingerprint density at radius 2 is 2.05 bits per heavy atom. The van der Waals surface area contributed by atoms with Gasteiger partial charge in [0.05, 0.1) is 6.54 Å². The van der Waals surface area contributed by atoms with E-state index in [1.54, 1.807) is 11.0 Å². The molecule has 1 amide bonds. The summed E-state index contributed by atoms with van der Waals surface area (Å²) in [5.41, 5.74) is 1.83. The minimum atomic E-state index is 0.0334. The maximum atomic E-state index is 12.3. The molecule has 1 aliphatic rings. The van der Waals surface area contributed by atoms with Gasteiger partial charge in [-0.1, -0.05) is 31.9 Å². The summed E-state index contributed by atoms with van der Waals surface area (Å²) in [4.78, 5) is 16.3. The molecule has 1 N–H and O–H groups in total. The highest BCUT2D eigenvalue weighted by Crippen LogP contribution is 2.24. The van der Waals surface area contributed by atoms with E-state index in [0.717, 1.165) is 17.5 Å². The fourth-order valence-corrected chi connectivity index (χ4v) is 3.05. The minimum absolute atomic E-state index is 0.0334. The molecule has 1 saturated carbocycles. The summed E-state index contributed by atoms with van der Waals surface area (Å²) in [6, 6.07) is 8.03. The van der Waals surface area contributed by atoms with Crippen LogP contribution in [0.25, 0.3) is 0 Å². The van der Waals surface area contributed by atoms with Gasteiger partial charge in [0.1, 0.15) is 12.7 Å². The Morgan fingerprint density at radius 3 is 2.73 bits per heavy atom. The van der Waals surface area contributed by atoms with Gasteiger partial charge >= 0.3 is 0 Å². The molecule has 0 radical (unpaired) electrons. The third-order valence-electron chi connectivity index (χ3n) is 4.46. The molecule has 1 fully saturated rings. The van der Waals surface area contributed by atoms with E-state index in [4.69, 9.17) is 0 Å². The van der Waals surface area contributed by atoms with Crippen LogP contribution in [0.3, 0.4) is 0 Å². The van der Waals surface area contributed by atoms with Crippen molar-refractivity contribution >= 4 is 5.91 Å². The van der Waals surface area contributed by atoms with Gasteiger partial charge in [0.15, 0.2) is 0 Å². The van der Waals surface area contributed by atoms with Crippen LogP contribution in [0, 0.1) is 5.92 Å². The Hall–Kier alpha value is -2.17. The first-order valence-electron chi connectivity index (χ1n) is 7.94. The highest BCUT2D eigenvalue weighted by Gasteiger charge is 2.23. The third-order valence-corrected chi connectivity index (χ3v) is 4.46. The zero-order valence-corrected chi connectivity index (χ0v) is 12.9. The molecular weight excluding hydrogens is 276 g/mol. The fourth-order valence-electron chi connectivity index (χ4n) is 3.05. The van der Waals surface area contributed by atoms with Crippen LogP contribution in [0.1, 0.15) is 48.5 Å². The largest absolute Gasteiger partial charge is 0.349 e. The van der Waals surface area contributed by atoms with Crippen molar-refractivity contribution in [2.24, 2.45) is 5.92 Å². The lowest BCUT2D eigenvalue weighted by molar-refractivity contribution is 0.0910. The number of aromatic nitrogens is 3. The highest BCUT2D eigenvalue weighted by molar-refractivity contribution is 5.94. The molecule has 0 unspecified atom stereocenters. The van der Waals surface area contributed by atoms with Gasteiger partial charge in [-0.05, 0) is 36.5 Å². The minimum Gasteiger partial charge on any atom is -0.349 e. The summed E-state index contributed by atoms with van der Waals surface area (Å²) in [5, 5.41) is 7.26. The molecule has 116 valence electrons. The molecule has 3 rings (SSSR count). The Labute approximate surface area is 130 Å². The molecule has 22 heavy (non-hydrogen) atoms. The van der Waals surface area contributed by atoms with E-state index in [-0.39, 0.29) is 5.91 Å². The molecule has 2 aromatic rings. The molecule has 1 aromatic carbocycles. The van der Waals surface area contributed by atoms with Crippen LogP contribution in [0.4, 0.5) is 0 Å². The standard InChI is InChI=1S/C17H22N4O/c1-13-4-2-3-5-16(13)20-17(22)15-8-6-14(7-9-15)10-21-12-18-11-19-21/h6-9,11-13,16H,2-5,10H2,1H3,(H,20,22)/t13-,16-/m1/s1. The van der Waals surface area contributed by atoms with Crippen molar-refractivity contribution < 1.29 is 4.79 Å². The molecule has 5 heteroatoms. The molecule has 2 atom stereocenters. The highest BCUT2D eigenvalue weighted by atomic mass is 16.1. The van der Waals surface area contributed by atoms with Crippen LogP contribution in [0.15, 0.2) is 36.9 Å². The van der Waals surface area contributed by atoms with E-state index in [0.29, 0.717) is 18.5 Å². The van der Waals surface area contributed by atoms with E-state index >= 15 is 0 Å². The first kappa shape index (κ1) is 14.8. The number of nitrogens with zero attached hydrogens (tertiary/aromatic N) is 3. The van der Waals surface area contributed by atoms with Crippen molar-refractivity contribution in [3.63, 3.8) is 0 Å². The number of hydrogen-bond donors (Lipinski definition) is 1. The van der Waals surface area contributed by atoms with Crippen LogP contribution in [-0.4, -0.2) is 26.7 Å². The average Bonchev–Trinajstić information content (AvgIpc) is 3.03. The summed E-state index contributed by atoms with van der Waals surface area (Å²) in [5.74, 6) is 0.607. The molecule has 1 heterocycles. The number of hydrogen-bond acceptors (Lipinski definition) is 3. The quantitative estimate of drug-likeness (QED) is 0.944. The van der Waals surface area contributed by atoms with Gasteiger partial charge in [-0.15, -0.1) is 0 Å². The molecule has 0 spiro atoms. The second-order valence-electron chi connectivity index (χ2n) is 6.13. The number of nitrogens with one attached hydrogen (secondary N) is 1. The lowest BCUT2D eigenvalue weighted by Crippen LogP contribution is -2.41. The van der Waals surface area contributed by atoms with E-state index < -0.39 is 0 Å². The summed E-state index contributed by atoms with van der Waals surface area (Å²) in [7, 11) is 0. The Morgan fingerprint density at radius 1 is 1.27 bits per heavy atom. The lowest BCUT2D eigenvalue weighted by atomic mass is 9.86. The van der Waals surface area contributed by atoms with Gasteiger partial charge in [-0.25, -0.2) is 9.67 Å². The number of carbonyl (C=O) groups is 1. The summed E-state index contributed by atoms with van der Waals surface area (Å²) >= 11 is 0. The number of amides is 1. The maximum absolute atomic E-state index is 12.3. The Bertz CT molecular complexity index is 606. The predicted octanol–water partition coefficient (Wildman–Crippen LogP) is 2.63. The molecule has 0 bridgehead atoms. The second-order valence-corrected chi connectivity index (χ2v) is 6.13. The Balaban J connectivity index is 1.60. The first-order valence-corrected chi connectivity index (χ1v) is 7.94. The normalized spacial score (nSPS) is 21.5. The van der Waals surface area contributed by atoms with E-state index in [2.05, 4.69) is 22.3 Å². The number of carbonyl (C=O) groups excluding carboxylic acids is 1. The van der Waals surface area contributed by atoms with Crippen molar-refractivity contribution in [3.05, 3.63) is 48.0 Å². The van der Waals surface area contributed by atoms with E-state index in [1.165, 1.54) is 25.6 Å². The smallest absolute Gasteiger partial charge is 0.251 e. The van der Waals surface area contributed by atoms with Gasteiger partial charge in [0, 0.05) is 11.6 Å². The van der Waals surface area contributed by atoms with Gasteiger partial charge in [-0.2, -0.15) is 5.10 Å². The third kappa shape index (κ3) is 3.53. The molecule has 0 aliphatic heterocycles. The second kappa shape index (κ2) is 6.73. The van der Waals surface area contributed by atoms with E-state index in [1.807, 2.05) is 24.3 Å². The van der Waals surface area contributed by atoms with Crippen molar-refractivity contribution in [1.82, 2.24) is 20.1 Å². The zero-order chi connectivity index (χ0) is 15.4. The number of benzene rings is 1. The van der Waals surface area contributed by atoms with Crippen molar-refractivity contribution in [2.45, 2.75) is 45.2 Å². The first-order chi connectivity index (χ1) is 10.7. The Kier molecular flexibility index (Phi) is 4.51. The SMILES string of the molecule is C[C@@H]1CCCC[C@H]1NC(=O)c1ccc(Cn2cncn2)cc1. The summed E-state index contributed by atoms with van der Waals surface area (Å²) in [6.07, 6.45) is 8.01. The van der Waals surface area contributed by atoms with Crippen molar-refractivity contribution in [1.29, 1.82) is 0 Å². The van der Waals surface area contributed by atoms with Gasteiger partial charge in [0.25, 0.3) is 5.91 Å². The van der Waals surface area contributed by atoms with Crippen LogP contribution < -0.4 is 5.32 Å². The average molecular weight is 298 g/mol. The summed E-state index contributed by atoms with van der Waals surface area (Å²) < 4.78 is 1.76. The maximum Gasteiger partial charge on any atom is 0.251 e. The van der Waals surface area contributed by atoms with Gasteiger partial charge < -0.3 is 5.32 Å². The molecule has 1 aromatic heterocycles. The monoisotopic (exact) mass is 298 g/mol. The lowest BCUT2D eigenvalue weighted by Gasteiger charge is -2.29. The van der Waals surface area contributed by atoms with Crippen LogP contribution >= 0.6 is 0 Å².